The number of nitrogens with one attached hydrogen (secondary N) is 1. The molecule has 0 bridgehead atoms. The average molecular weight is 437 g/mol. The van der Waals surface area contributed by atoms with Gasteiger partial charge in [0, 0.05) is 19.5 Å². The molecule has 0 heterocycles. The van der Waals surface area contributed by atoms with Crippen LogP contribution in [-0.4, -0.2) is 11.7 Å². The van der Waals surface area contributed by atoms with Crippen LogP contribution in [0.25, 0.3) is 0 Å². The zero-order valence-corrected chi connectivity index (χ0v) is 14.4. The summed E-state index contributed by atoms with van der Waals surface area (Å²) in [6.45, 7) is 0. The van der Waals surface area contributed by atoms with E-state index in [-0.39, 0.29) is 5.91 Å². The Morgan fingerprint density at radius 2 is 1.76 bits per heavy atom. The number of hydrogen-bond acceptors (Lipinski definition) is 2. The predicted octanol–water partition coefficient (Wildman–Crippen LogP) is 5.78. The number of carbonyl (C=O) groups excluding carboxylic acids is 1. The summed E-state index contributed by atoms with van der Waals surface area (Å²) in [5, 5.41) is 2.72. The molecule has 0 saturated carbocycles. The van der Waals surface area contributed by atoms with Gasteiger partial charge in [-0.3, -0.25) is 4.79 Å². The van der Waals surface area contributed by atoms with Gasteiger partial charge in [0.15, 0.2) is 0 Å². The fraction of sp³-hybridized carbons (Fsp3) is 0.0714. The molecule has 2 aromatic carbocycles. The monoisotopic (exact) mass is 435 g/mol. The summed E-state index contributed by atoms with van der Waals surface area (Å²) >= 11 is 7.10. The van der Waals surface area contributed by atoms with Gasteiger partial charge >= 0.3 is 0 Å². The highest BCUT2D eigenvalue weighted by Gasteiger charge is 2.11. The number of carbonyl (C=O) groups is 1. The first-order valence-corrected chi connectivity index (χ1v) is 8.23. The maximum atomic E-state index is 12.2. The summed E-state index contributed by atoms with van der Waals surface area (Å²) in [6, 6.07) is 11.5. The van der Waals surface area contributed by atoms with Gasteiger partial charge in [0.05, 0.1) is 5.56 Å². The number of thioether (sulfide) groups is 1. The van der Waals surface area contributed by atoms with E-state index in [2.05, 4.69) is 37.2 Å². The molecule has 21 heavy (non-hydrogen) atoms. The Morgan fingerprint density at radius 3 is 2.33 bits per heavy atom. The molecule has 0 aliphatic carbocycles. The van der Waals surface area contributed by atoms with Crippen molar-refractivity contribution in [3.05, 3.63) is 57.0 Å². The molecule has 1 N–H and O–H groups in total. The normalized spacial score (nSPS) is 10.7. The van der Waals surface area contributed by atoms with Crippen LogP contribution in [0, 0.1) is 0 Å². The van der Waals surface area contributed by atoms with Crippen molar-refractivity contribution in [2.45, 2.75) is 10.7 Å². The van der Waals surface area contributed by atoms with E-state index in [4.69, 9.17) is 0 Å². The zero-order valence-electron chi connectivity index (χ0n) is 10.4. The number of halogens is 4. The standard InChI is InChI=1S/C14H9Br2F2NOS/c15-8-1-6-11(12(16)7-8)13(20)19-9-2-4-10(5-3-9)21-14(17)18/h1-7,14H,(H,19,20). The highest BCUT2D eigenvalue weighted by Crippen LogP contribution is 2.27. The average Bonchev–Trinajstić information content (AvgIpc) is 2.40. The molecular weight excluding hydrogens is 428 g/mol. The molecule has 2 rings (SSSR count). The third kappa shape index (κ3) is 4.79. The number of rotatable bonds is 4. The van der Waals surface area contributed by atoms with Gasteiger partial charge in [0.25, 0.3) is 11.7 Å². The Labute approximate surface area is 141 Å². The molecule has 0 fully saturated rings. The van der Waals surface area contributed by atoms with E-state index < -0.39 is 5.76 Å². The lowest BCUT2D eigenvalue weighted by atomic mass is 10.2. The highest BCUT2D eigenvalue weighted by molar-refractivity contribution is 9.11. The molecule has 7 heteroatoms. The minimum Gasteiger partial charge on any atom is -0.322 e. The second kappa shape index (κ2) is 7.38. The van der Waals surface area contributed by atoms with E-state index in [0.29, 0.717) is 32.4 Å². The number of amides is 1. The van der Waals surface area contributed by atoms with Gasteiger partial charge in [0.2, 0.25) is 0 Å². The van der Waals surface area contributed by atoms with Crippen molar-refractivity contribution in [3.63, 3.8) is 0 Å². The van der Waals surface area contributed by atoms with E-state index in [1.54, 1.807) is 42.5 Å². The van der Waals surface area contributed by atoms with E-state index in [1.165, 1.54) is 0 Å². The molecule has 0 aromatic heterocycles. The van der Waals surface area contributed by atoms with E-state index in [0.717, 1.165) is 4.47 Å². The Morgan fingerprint density at radius 1 is 1.10 bits per heavy atom. The van der Waals surface area contributed by atoms with Crippen LogP contribution in [-0.2, 0) is 0 Å². The largest absolute Gasteiger partial charge is 0.322 e. The summed E-state index contributed by atoms with van der Waals surface area (Å²) < 4.78 is 26.0. The lowest BCUT2D eigenvalue weighted by Gasteiger charge is -2.08. The Hall–Kier alpha value is -0.920. The van der Waals surface area contributed by atoms with Crippen molar-refractivity contribution in [3.8, 4) is 0 Å². The first kappa shape index (κ1) is 16.5. The molecule has 0 spiro atoms. The molecule has 1 amide bonds. The maximum absolute atomic E-state index is 12.2. The minimum absolute atomic E-state index is 0.274. The molecule has 0 saturated heterocycles. The number of alkyl halides is 2. The van der Waals surface area contributed by atoms with Crippen molar-refractivity contribution >= 4 is 55.2 Å². The molecule has 0 unspecified atom stereocenters. The van der Waals surface area contributed by atoms with Crippen LogP contribution in [0.5, 0.6) is 0 Å². The van der Waals surface area contributed by atoms with Gasteiger partial charge in [-0.15, -0.1) is 0 Å². The second-order valence-electron chi connectivity index (χ2n) is 3.98. The van der Waals surface area contributed by atoms with Crippen LogP contribution in [0.4, 0.5) is 14.5 Å². The lowest BCUT2D eigenvalue weighted by Crippen LogP contribution is -2.12. The quantitative estimate of drug-likeness (QED) is 0.615. The summed E-state index contributed by atoms with van der Waals surface area (Å²) in [5.74, 6) is -2.73. The smallest absolute Gasteiger partial charge is 0.288 e. The molecule has 0 atom stereocenters. The summed E-state index contributed by atoms with van der Waals surface area (Å²) in [7, 11) is 0. The van der Waals surface area contributed by atoms with Crippen molar-refractivity contribution in [1.29, 1.82) is 0 Å². The Balaban J connectivity index is 2.08. The summed E-state index contributed by atoms with van der Waals surface area (Å²) in [6.07, 6.45) is 0. The molecule has 2 aromatic rings. The number of benzene rings is 2. The highest BCUT2D eigenvalue weighted by atomic mass is 79.9. The van der Waals surface area contributed by atoms with Gasteiger partial charge in [-0.05, 0) is 58.4 Å². The van der Waals surface area contributed by atoms with Crippen LogP contribution in [0.2, 0.25) is 0 Å². The molecule has 0 aliphatic heterocycles. The van der Waals surface area contributed by atoms with Gasteiger partial charge in [-0.1, -0.05) is 27.7 Å². The number of hydrogen-bond donors (Lipinski definition) is 1. The van der Waals surface area contributed by atoms with Gasteiger partial charge in [0.1, 0.15) is 0 Å². The second-order valence-corrected chi connectivity index (χ2v) is 6.81. The first-order valence-electron chi connectivity index (χ1n) is 5.77. The predicted molar refractivity (Wildman–Crippen MR) is 88.1 cm³/mol. The summed E-state index contributed by atoms with van der Waals surface area (Å²) in [4.78, 5) is 12.6. The first-order chi connectivity index (χ1) is 9.95. The number of anilines is 1. The minimum atomic E-state index is -2.45. The van der Waals surface area contributed by atoms with Crippen LogP contribution in [0.15, 0.2) is 56.3 Å². The Bertz CT molecular complexity index is 650. The third-order valence-corrected chi connectivity index (χ3v) is 4.38. The van der Waals surface area contributed by atoms with Crippen molar-refractivity contribution in [2.24, 2.45) is 0 Å². The van der Waals surface area contributed by atoms with Gasteiger partial charge in [-0.2, -0.15) is 8.78 Å². The zero-order chi connectivity index (χ0) is 15.4. The van der Waals surface area contributed by atoms with Gasteiger partial charge in [-0.25, -0.2) is 0 Å². The maximum Gasteiger partial charge on any atom is 0.288 e. The molecule has 0 radical (unpaired) electrons. The molecule has 2 nitrogen and oxygen atoms in total. The van der Waals surface area contributed by atoms with Crippen molar-refractivity contribution in [1.82, 2.24) is 0 Å². The van der Waals surface area contributed by atoms with E-state index in [1.807, 2.05) is 0 Å². The summed E-state index contributed by atoms with van der Waals surface area (Å²) in [5.41, 5.74) is 1.04. The third-order valence-electron chi connectivity index (χ3n) is 2.51. The SMILES string of the molecule is O=C(Nc1ccc(SC(F)F)cc1)c1ccc(Br)cc1Br. The van der Waals surface area contributed by atoms with Crippen LogP contribution < -0.4 is 5.32 Å². The van der Waals surface area contributed by atoms with Crippen molar-refractivity contribution in [2.75, 3.05) is 5.32 Å². The molecule has 0 aliphatic rings. The van der Waals surface area contributed by atoms with E-state index >= 15 is 0 Å². The van der Waals surface area contributed by atoms with Crippen LogP contribution >= 0.6 is 43.6 Å². The topological polar surface area (TPSA) is 29.1 Å². The molecule has 110 valence electrons. The molecular formula is C14H9Br2F2NOS. The fourth-order valence-electron chi connectivity index (χ4n) is 1.59. The Kier molecular flexibility index (Phi) is 5.78. The van der Waals surface area contributed by atoms with Crippen LogP contribution in [0.1, 0.15) is 10.4 Å². The fourth-order valence-corrected chi connectivity index (χ4v) is 3.32. The van der Waals surface area contributed by atoms with E-state index in [9.17, 15) is 13.6 Å². The van der Waals surface area contributed by atoms with Gasteiger partial charge < -0.3 is 5.32 Å². The van der Waals surface area contributed by atoms with Crippen molar-refractivity contribution < 1.29 is 13.6 Å². The lowest BCUT2D eigenvalue weighted by molar-refractivity contribution is 0.102. The van der Waals surface area contributed by atoms with Crippen LogP contribution in [0.3, 0.4) is 0 Å².